The van der Waals surface area contributed by atoms with E-state index in [0.29, 0.717) is 15.6 Å². The maximum Gasteiger partial charge on any atom is 0.311 e. The molecule has 1 N–H and O–H groups in total. The minimum atomic E-state index is -0.933. The number of aliphatic carboxylic acids is 1. The van der Waals surface area contributed by atoms with Crippen LogP contribution in [0.15, 0.2) is 57.1 Å². The molecule has 7 heteroatoms. The first-order valence-electron chi connectivity index (χ1n) is 8.10. The molecule has 4 unspecified atom stereocenters. The Morgan fingerprint density at radius 3 is 2.88 bits per heavy atom. The van der Waals surface area contributed by atoms with Crippen LogP contribution in [0, 0.1) is 11.8 Å². The summed E-state index contributed by atoms with van der Waals surface area (Å²) in [5, 5.41) is 10.1. The van der Waals surface area contributed by atoms with Crippen LogP contribution in [0.3, 0.4) is 0 Å². The molecule has 2 aliphatic heterocycles. The molecule has 0 radical (unpaired) electrons. The molecule has 0 fully saturated rings. The average Bonchev–Trinajstić information content (AvgIpc) is 2.95. The minimum Gasteiger partial charge on any atom is -0.481 e. The Bertz CT molecular complexity index is 941. The first-order chi connectivity index (χ1) is 12.0. The summed E-state index contributed by atoms with van der Waals surface area (Å²) < 4.78 is 1.64. The molecule has 4 atom stereocenters. The minimum absolute atomic E-state index is 0.0902. The molecule has 1 aliphatic carbocycles. The van der Waals surface area contributed by atoms with Gasteiger partial charge in [-0.2, -0.15) is 0 Å². The van der Waals surface area contributed by atoms with Gasteiger partial charge in [-0.25, -0.2) is 4.98 Å². The smallest absolute Gasteiger partial charge is 0.311 e. The van der Waals surface area contributed by atoms with Gasteiger partial charge in [0.15, 0.2) is 0 Å². The van der Waals surface area contributed by atoms with Gasteiger partial charge in [0.05, 0.1) is 34.9 Å². The Labute approximate surface area is 148 Å². The third-order valence-electron chi connectivity index (χ3n) is 4.83. The highest BCUT2D eigenvalue weighted by Gasteiger charge is 2.43. The average molecular weight is 355 g/mol. The normalized spacial score (nSPS) is 29.7. The Kier molecular flexibility index (Phi) is 3.76. The van der Waals surface area contributed by atoms with Gasteiger partial charge in [0.25, 0.3) is 5.56 Å². The van der Waals surface area contributed by atoms with E-state index < -0.39 is 17.8 Å². The van der Waals surface area contributed by atoms with E-state index in [2.05, 4.69) is 23.0 Å². The lowest BCUT2D eigenvalue weighted by molar-refractivity contribution is -0.140. The van der Waals surface area contributed by atoms with Gasteiger partial charge < -0.3 is 5.11 Å². The molecule has 4 rings (SSSR count). The molecule has 128 valence electrons. The topological polar surface area (TPSA) is 84.5 Å². The highest BCUT2D eigenvalue weighted by Crippen LogP contribution is 2.45. The molecule has 0 bridgehead atoms. The zero-order valence-corrected chi connectivity index (χ0v) is 14.6. The molecule has 0 spiro atoms. The zero-order chi connectivity index (χ0) is 17.7. The number of carboxylic acids is 1. The van der Waals surface area contributed by atoms with E-state index in [0.717, 1.165) is 0 Å². The molecule has 25 heavy (non-hydrogen) atoms. The maximum atomic E-state index is 13.0. The van der Waals surface area contributed by atoms with Gasteiger partial charge in [-0.05, 0) is 12.8 Å². The largest absolute Gasteiger partial charge is 0.481 e. The zero-order valence-electron chi connectivity index (χ0n) is 13.8. The number of aliphatic imine (C=N–C) groups is 1. The molecular formula is C18H17N3O3S. The van der Waals surface area contributed by atoms with Crippen molar-refractivity contribution < 1.29 is 9.90 Å². The van der Waals surface area contributed by atoms with Crippen molar-refractivity contribution in [1.82, 2.24) is 9.55 Å². The van der Waals surface area contributed by atoms with E-state index >= 15 is 0 Å². The molecule has 0 saturated heterocycles. The number of carboxylic acid groups (broad SMARTS) is 1. The number of aromatic nitrogens is 2. The van der Waals surface area contributed by atoms with Crippen molar-refractivity contribution in [3.63, 3.8) is 0 Å². The summed E-state index contributed by atoms with van der Waals surface area (Å²) >= 11 is 1.25. The standard InChI is InChI=1S/C18H17N3O3S/c1-9-3-4-12(10(2)7-9)21-8-20-14-13-11(18(23)24)5-6-19-16(13)25-15(14)17(21)22/h3-8,10-13H,1-2H3,(H,23,24). The second-order valence-corrected chi connectivity index (χ2v) is 7.57. The lowest BCUT2D eigenvalue weighted by Crippen LogP contribution is -2.30. The fraction of sp³-hybridized carbons (Fsp3) is 0.333. The highest BCUT2D eigenvalue weighted by atomic mass is 32.2. The van der Waals surface area contributed by atoms with Gasteiger partial charge in [0.1, 0.15) is 4.90 Å². The van der Waals surface area contributed by atoms with Crippen LogP contribution in [0.1, 0.15) is 31.5 Å². The van der Waals surface area contributed by atoms with E-state index in [1.165, 1.54) is 23.5 Å². The van der Waals surface area contributed by atoms with E-state index in [9.17, 15) is 14.7 Å². The van der Waals surface area contributed by atoms with E-state index in [1.54, 1.807) is 17.0 Å². The first-order valence-corrected chi connectivity index (χ1v) is 8.91. The molecule has 1 aromatic heterocycles. The molecule has 1 aromatic rings. The summed E-state index contributed by atoms with van der Waals surface area (Å²) in [4.78, 5) is 33.8. The van der Waals surface area contributed by atoms with E-state index in [-0.39, 0.29) is 17.5 Å². The van der Waals surface area contributed by atoms with Gasteiger partial charge in [0, 0.05) is 6.20 Å². The number of nitrogens with zero attached hydrogens (tertiary/aromatic N) is 3. The van der Waals surface area contributed by atoms with Crippen LogP contribution in [0.2, 0.25) is 0 Å². The predicted octanol–water partition coefficient (Wildman–Crippen LogP) is 2.75. The van der Waals surface area contributed by atoms with Crippen LogP contribution in [-0.4, -0.2) is 25.7 Å². The Morgan fingerprint density at radius 2 is 2.16 bits per heavy atom. The fourth-order valence-corrected chi connectivity index (χ4v) is 4.78. The van der Waals surface area contributed by atoms with Gasteiger partial charge in [-0.15, -0.1) is 0 Å². The summed E-state index contributed by atoms with van der Waals surface area (Å²) in [6.45, 7) is 4.10. The number of fused-ring (bicyclic) bond motifs is 3. The van der Waals surface area contributed by atoms with Gasteiger partial charge >= 0.3 is 5.97 Å². The second-order valence-electron chi connectivity index (χ2n) is 6.54. The molecular weight excluding hydrogens is 338 g/mol. The van der Waals surface area contributed by atoms with Crippen molar-refractivity contribution in [2.45, 2.75) is 30.7 Å². The van der Waals surface area contributed by atoms with Crippen molar-refractivity contribution in [2.24, 2.45) is 16.8 Å². The van der Waals surface area contributed by atoms with Crippen molar-refractivity contribution in [3.8, 4) is 0 Å². The lowest BCUT2D eigenvalue weighted by atomic mass is 9.88. The molecule has 0 amide bonds. The number of allylic oxidation sites excluding steroid dienone is 4. The third-order valence-corrected chi connectivity index (χ3v) is 5.99. The predicted molar refractivity (Wildman–Crippen MR) is 95.9 cm³/mol. The quantitative estimate of drug-likeness (QED) is 0.882. The number of thioether (sulfide) groups is 1. The second kappa shape index (κ2) is 5.84. The number of rotatable bonds is 2. The SMILES string of the molecule is CC1=CC(C)C(n2cnc3c(c2=O)SC2=NC=CC(C(=O)O)C23)C=C1. The van der Waals surface area contributed by atoms with Crippen LogP contribution in [0.4, 0.5) is 0 Å². The van der Waals surface area contributed by atoms with Crippen LogP contribution in [0.25, 0.3) is 0 Å². The van der Waals surface area contributed by atoms with E-state index in [1.807, 2.05) is 19.1 Å². The Hall–Kier alpha value is -2.41. The Morgan fingerprint density at radius 1 is 1.36 bits per heavy atom. The summed E-state index contributed by atoms with van der Waals surface area (Å²) in [5.74, 6) is -1.95. The van der Waals surface area contributed by atoms with Crippen LogP contribution in [0.5, 0.6) is 0 Å². The summed E-state index contributed by atoms with van der Waals surface area (Å²) in [7, 11) is 0. The number of hydrogen-bond donors (Lipinski definition) is 1. The maximum absolute atomic E-state index is 13.0. The summed E-state index contributed by atoms with van der Waals surface area (Å²) in [6.07, 6.45) is 10.8. The van der Waals surface area contributed by atoms with Crippen LogP contribution in [-0.2, 0) is 4.79 Å². The van der Waals surface area contributed by atoms with Crippen molar-refractivity contribution in [3.05, 3.63) is 58.5 Å². The van der Waals surface area contributed by atoms with Gasteiger partial charge in [0.2, 0.25) is 0 Å². The lowest BCUT2D eigenvalue weighted by Gasteiger charge is -2.24. The summed E-state index contributed by atoms with van der Waals surface area (Å²) in [6, 6.07) is -0.0902. The third kappa shape index (κ3) is 2.50. The van der Waals surface area contributed by atoms with Gasteiger partial charge in [-0.1, -0.05) is 48.6 Å². The summed E-state index contributed by atoms with van der Waals surface area (Å²) in [5.41, 5.74) is 1.57. The van der Waals surface area contributed by atoms with Crippen LogP contribution >= 0.6 is 11.8 Å². The monoisotopic (exact) mass is 355 g/mol. The van der Waals surface area contributed by atoms with Gasteiger partial charge in [-0.3, -0.25) is 19.1 Å². The molecule has 6 nitrogen and oxygen atoms in total. The molecule has 3 heterocycles. The molecule has 3 aliphatic rings. The van der Waals surface area contributed by atoms with Crippen LogP contribution < -0.4 is 5.56 Å². The van der Waals surface area contributed by atoms with E-state index in [4.69, 9.17) is 0 Å². The number of hydrogen-bond acceptors (Lipinski definition) is 5. The first kappa shape index (κ1) is 16.1. The van der Waals surface area contributed by atoms with Crippen molar-refractivity contribution in [1.29, 1.82) is 0 Å². The van der Waals surface area contributed by atoms with Crippen molar-refractivity contribution in [2.75, 3.05) is 0 Å². The number of carbonyl (C=O) groups is 1. The molecule has 0 saturated carbocycles. The fourth-order valence-electron chi connectivity index (χ4n) is 3.59. The van der Waals surface area contributed by atoms with Crippen molar-refractivity contribution >= 4 is 22.8 Å². The molecule has 0 aromatic carbocycles. The highest BCUT2D eigenvalue weighted by molar-refractivity contribution is 8.14. The Balaban J connectivity index is 1.78.